The van der Waals surface area contributed by atoms with E-state index in [2.05, 4.69) is 18.6 Å². The molecule has 0 aromatic rings. The van der Waals surface area contributed by atoms with Crippen LogP contribution in [0.15, 0.2) is 12.2 Å². The minimum absolute atomic E-state index is 1.29. The van der Waals surface area contributed by atoms with Gasteiger partial charge >= 0.3 is 0 Å². The summed E-state index contributed by atoms with van der Waals surface area (Å²) < 4.78 is 0. The molecule has 0 spiro atoms. The predicted octanol–water partition coefficient (Wildman–Crippen LogP) is 5.83. The van der Waals surface area contributed by atoms with Crippen molar-refractivity contribution in [3.05, 3.63) is 18.6 Å². The zero-order valence-electron chi connectivity index (χ0n) is 10.9. The van der Waals surface area contributed by atoms with Crippen LogP contribution in [0.1, 0.15) is 83.5 Å². The summed E-state index contributed by atoms with van der Waals surface area (Å²) in [5.41, 5.74) is 0. The smallest absolute Gasteiger partial charge is 0.0171 e. The van der Waals surface area contributed by atoms with Crippen molar-refractivity contribution in [1.29, 1.82) is 0 Å². The summed E-state index contributed by atoms with van der Waals surface area (Å²) >= 11 is 0. The van der Waals surface area contributed by atoms with Gasteiger partial charge in [-0.15, -0.1) is 0 Å². The molecule has 0 bridgehead atoms. The Morgan fingerprint density at radius 1 is 0.438 bits per heavy atom. The van der Waals surface area contributed by atoms with E-state index in [1.807, 2.05) is 0 Å². The summed E-state index contributed by atoms with van der Waals surface area (Å²) in [7, 11) is 0. The van der Waals surface area contributed by atoms with Gasteiger partial charge < -0.3 is 0 Å². The van der Waals surface area contributed by atoms with E-state index in [9.17, 15) is 0 Å². The molecular formula is C16H29. The van der Waals surface area contributed by atoms with E-state index < -0.39 is 0 Å². The fourth-order valence-corrected chi connectivity index (χ4v) is 2.40. The summed E-state index contributed by atoms with van der Waals surface area (Å²) in [5.74, 6) is 0. The topological polar surface area (TPSA) is 0 Å². The summed E-state index contributed by atoms with van der Waals surface area (Å²) in [5, 5.41) is 0. The lowest BCUT2D eigenvalue weighted by molar-refractivity contribution is 0.545. The van der Waals surface area contributed by atoms with Crippen LogP contribution < -0.4 is 0 Å². The SMILES string of the molecule is [CH]1C=CCCCCCCCCCCCCC1. The minimum atomic E-state index is 1.29. The Kier molecular flexibility index (Phi) is 9.69. The molecule has 0 aromatic carbocycles. The van der Waals surface area contributed by atoms with E-state index in [1.54, 1.807) is 0 Å². The van der Waals surface area contributed by atoms with Crippen LogP contribution in [0.25, 0.3) is 0 Å². The lowest BCUT2D eigenvalue weighted by Gasteiger charge is -2.03. The molecule has 0 fully saturated rings. The highest BCUT2D eigenvalue weighted by Gasteiger charge is 1.94. The highest BCUT2D eigenvalue weighted by molar-refractivity contribution is 4.94. The highest BCUT2D eigenvalue weighted by atomic mass is 14.0. The first-order valence-corrected chi connectivity index (χ1v) is 7.48. The Bertz CT molecular complexity index is 139. The Labute approximate surface area is 103 Å². The third-order valence-electron chi connectivity index (χ3n) is 3.51. The quantitative estimate of drug-likeness (QED) is 0.482. The van der Waals surface area contributed by atoms with Gasteiger partial charge in [-0.2, -0.15) is 0 Å². The highest BCUT2D eigenvalue weighted by Crippen LogP contribution is 2.13. The zero-order chi connectivity index (χ0) is 11.3. The molecule has 0 nitrogen and oxygen atoms in total. The molecule has 1 radical (unpaired) electrons. The lowest BCUT2D eigenvalue weighted by atomic mass is 10.0. The van der Waals surface area contributed by atoms with Gasteiger partial charge in [0.15, 0.2) is 0 Å². The molecule has 0 saturated carbocycles. The van der Waals surface area contributed by atoms with Gasteiger partial charge in [-0.05, 0) is 25.7 Å². The third kappa shape index (κ3) is 9.00. The first-order valence-electron chi connectivity index (χ1n) is 7.48. The zero-order valence-corrected chi connectivity index (χ0v) is 10.9. The van der Waals surface area contributed by atoms with Crippen LogP contribution in [-0.4, -0.2) is 0 Å². The van der Waals surface area contributed by atoms with Crippen LogP contribution in [0.3, 0.4) is 0 Å². The molecule has 0 atom stereocenters. The summed E-state index contributed by atoms with van der Waals surface area (Å²) in [4.78, 5) is 0. The monoisotopic (exact) mass is 221 g/mol. The molecule has 1 rings (SSSR count). The molecule has 0 heterocycles. The molecule has 0 aromatic heterocycles. The van der Waals surface area contributed by atoms with Crippen LogP contribution in [0.4, 0.5) is 0 Å². The Morgan fingerprint density at radius 2 is 0.875 bits per heavy atom. The van der Waals surface area contributed by atoms with Gasteiger partial charge in [0.25, 0.3) is 0 Å². The molecule has 0 saturated heterocycles. The van der Waals surface area contributed by atoms with Crippen LogP contribution in [0.5, 0.6) is 0 Å². The third-order valence-corrected chi connectivity index (χ3v) is 3.51. The van der Waals surface area contributed by atoms with Crippen molar-refractivity contribution in [3.63, 3.8) is 0 Å². The van der Waals surface area contributed by atoms with Crippen molar-refractivity contribution < 1.29 is 0 Å². The largest absolute Gasteiger partial charge is 0.0882 e. The van der Waals surface area contributed by atoms with Crippen molar-refractivity contribution >= 4 is 0 Å². The van der Waals surface area contributed by atoms with Gasteiger partial charge in [-0.1, -0.05) is 76.4 Å². The lowest BCUT2D eigenvalue weighted by Crippen LogP contribution is -1.84. The molecule has 1 aliphatic rings. The van der Waals surface area contributed by atoms with Gasteiger partial charge in [-0.25, -0.2) is 0 Å². The van der Waals surface area contributed by atoms with E-state index in [-0.39, 0.29) is 0 Å². The minimum Gasteiger partial charge on any atom is -0.0882 e. The Morgan fingerprint density at radius 3 is 1.44 bits per heavy atom. The van der Waals surface area contributed by atoms with Crippen molar-refractivity contribution in [1.82, 2.24) is 0 Å². The van der Waals surface area contributed by atoms with Gasteiger partial charge in [0, 0.05) is 0 Å². The van der Waals surface area contributed by atoms with Crippen LogP contribution in [0.2, 0.25) is 0 Å². The second kappa shape index (κ2) is 11.2. The summed E-state index contributed by atoms with van der Waals surface area (Å²) in [6.07, 6.45) is 25.5. The molecule has 1 aliphatic carbocycles. The van der Waals surface area contributed by atoms with Crippen LogP contribution >= 0.6 is 0 Å². The van der Waals surface area contributed by atoms with E-state index in [1.165, 1.54) is 83.5 Å². The van der Waals surface area contributed by atoms with Gasteiger partial charge in [0.2, 0.25) is 0 Å². The van der Waals surface area contributed by atoms with Gasteiger partial charge in [-0.3, -0.25) is 0 Å². The molecule has 0 amide bonds. The maximum Gasteiger partial charge on any atom is -0.0171 e. The maximum atomic E-state index is 2.35. The summed E-state index contributed by atoms with van der Waals surface area (Å²) in [6, 6.07) is 0. The van der Waals surface area contributed by atoms with E-state index in [4.69, 9.17) is 0 Å². The van der Waals surface area contributed by atoms with Gasteiger partial charge in [0.1, 0.15) is 0 Å². The average Bonchev–Trinajstić information content (AvgIpc) is 2.29. The fraction of sp³-hybridized carbons (Fsp3) is 0.812. The number of rotatable bonds is 0. The second-order valence-corrected chi connectivity index (χ2v) is 5.13. The molecule has 0 unspecified atom stereocenters. The second-order valence-electron chi connectivity index (χ2n) is 5.13. The maximum absolute atomic E-state index is 2.35. The standard InChI is InChI=1S/C16H29/c1-2-4-6-8-10-12-14-16-15-13-11-9-7-5-3-1/h1-3H,4-16H2. The van der Waals surface area contributed by atoms with Crippen molar-refractivity contribution in [3.8, 4) is 0 Å². The first kappa shape index (κ1) is 13.8. The van der Waals surface area contributed by atoms with Crippen molar-refractivity contribution in [2.75, 3.05) is 0 Å². The van der Waals surface area contributed by atoms with Crippen molar-refractivity contribution in [2.45, 2.75) is 83.5 Å². The van der Waals surface area contributed by atoms with Crippen molar-refractivity contribution in [2.24, 2.45) is 0 Å². The number of hydrogen-bond acceptors (Lipinski definition) is 0. The summed E-state index contributed by atoms with van der Waals surface area (Å²) in [6.45, 7) is 0. The Hall–Kier alpha value is -0.260. The van der Waals surface area contributed by atoms with E-state index in [0.29, 0.717) is 0 Å². The molecule has 16 heavy (non-hydrogen) atoms. The number of allylic oxidation sites excluding steroid dienone is 2. The fourth-order valence-electron chi connectivity index (χ4n) is 2.40. The van der Waals surface area contributed by atoms with E-state index in [0.717, 1.165) is 0 Å². The number of hydrogen-bond donors (Lipinski definition) is 0. The average molecular weight is 221 g/mol. The molecule has 0 aliphatic heterocycles. The van der Waals surface area contributed by atoms with Crippen LogP contribution in [0, 0.1) is 6.42 Å². The predicted molar refractivity (Wildman–Crippen MR) is 73.5 cm³/mol. The van der Waals surface area contributed by atoms with Gasteiger partial charge in [0.05, 0.1) is 0 Å². The molecular weight excluding hydrogens is 192 g/mol. The normalized spacial score (nSPS) is 23.0. The molecule has 93 valence electrons. The van der Waals surface area contributed by atoms with E-state index >= 15 is 0 Å². The Balaban J connectivity index is 2.07. The molecule has 0 N–H and O–H groups in total. The van der Waals surface area contributed by atoms with Crippen LogP contribution in [-0.2, 0) is 0 Å². The molecule has 0 heteroatoms. The first-order chi connectivity index (χ1) is 8.00.